The molecule has 0 aliphatic heterocycles. The first kappa shape index (κ1) is 33.8. The first-order chi connectivity index (χ1) is 17.7. The third-order valence-corrected chi connectivity index (χ3v) is 5.84. The highest BCUT2D eigenvalue weighted by Gasteiger charge is 2.05. The van der Waals surface area contributed by atoms with Crippen LogP contribution in [0.5, 0.6) is 0 Å². The second-order valence-electron chi connectivity index (χ2n) is 9.18. The molecule has 4 heteroatoms. The summed E-state index contributed by atoms with van der Waals surface area (Å²) in [5.74, 6) is 0. The first-order valence-electron chi connectivity index (χ1n) is 14.3. The molecule has 1 N–H and O–H groups in total. The zero-order valence-corrected chi connectivity index (χ0v) is 23.2. The Hall–Kier alpha value is -2.20. The van der Waals surface area contributed by atoms with E-state index in [1.54, 1.807) is 0 Å². The van der Waals surface area contributed by atoms with Gasteiger partial charge in [0.25, 0.3) is 0 Å². The van der Waals surface area contributed by atoms with Crippen molar-refractivity contribution in [3.8, 4) is 0 Å². The fraction of sp³-hybridized carbons (Fsp3) is 0.625. The molecular weight excluding hydrogens is 446 g/mol. The van der Waals surface area contributed by atoms with Crippen LogP contribution in [0.25, 0.3) is 0 Å². The van der Waals surface area contributed by atoms with Gasteiger partial charge in [-0.25, -0.2) is 4.84 Å². The lowest BCUT2D eigenvalue weighted by atomic mass is 10.1. The van der Waals surface area contributed by atoms with Gasteiger partial charge in [-0.2, -0.15) is 0 Å². The summed E-state index contributed by atoms with van der Waals surface area (Å²) in [6.45, 7) is 2.58. The lowest BCUT2D eigenvalue weighted by molar-refractivity contribution is -0.796. The lowest BCUT2D eigenvalue weighted by Crippen LogP contribution is -2.07. The molecule has 0 radical (unpaired) electrons. The summed E-state index contributed by atoms with van der Waals surface area (Å²) in [7, 11) is 1.42. The van der Waals surface area contributed by atoms with Crippen molar-refractivity contribution >= 4 is 0 Å². The molecule has 0 spiro atoms. The number of hydrogen-bond acceptors (Lipinski definition) is 3. The van der Waals surface area contributed by atoms with Crippen LogP contribution in [0.1, 0.15) is 110 Å². The zero-order chi connectivity index (χ0) is 26.4. The van der Waals surface area contributed by atoms with Gasteiger partial charge in [0, 0.05) is 6.42 Å². The fourth-order valence-electron chi connectivity index (χ4n) is 3.67. The summed E-state index contributed by atoms with van der Waals surface area (Å²) >= 11 is 0. The summed E-state index contributed by atoms with van der Waals surface area (Å²) in [5.41, 5.74) is 0. The van der Waals surface area contributed by atoms with E-state index >= 15 is 0 Å². The minimum atomic E-state index is -0.393. The van der Waals surface area contributed by atoms with Crippen molar-refractivity contribution in [3.05, 3.63) is 77.8 Å². The number of unbranched alkanes of at least 4 members (excludes halogenated alkanes) is 10. The van der Waals surface area contributed by atoms with E-state index in [0.717, 1.165) is 38.5 Å². The maximum atomic E-state index is 10.9. The second kappa shape index (κ2) is 29.0. The van der Waals surface area contributed by atoms with E-state index in [2.05, 4.69) is 60.4 Å². The number of aliphatic hydroxyl groups is 1. The number of rotatable bonds is 25. The molecule has 0 saturated carbocycles. The molecule has 0 unspecified atom stereocenters. The summed E-state index contributed by atoms with van der Waals surface area (Å²) in [5, 5.41) is 9.76. The normalized spacial score (nSPS) is 13.5. The van der Waals surface area contributed by atoms with Gasteiger partial charge in [-0.05, 0) is 51.4 Å². The second-order valence-corrected chi connectivity index (χ2v) is 9.18. The van der Waals surface area contributed by atoms with Crippen molar-refractivity contribution in [1.82, 2.24) is 0 Å². The Balaban J connectivity index is 3.44. The zero-order valence-electron chi connectivity index (χ0n) is 23.2. The van der Waals surface area contributed by atoms with E-state index in [0.29, 0.717) is 17.9 Å². The summed E-state index contributed by atoms with van der Waals surface area (Å²) in [6, 6.07) is 0. The molecule has 0 amide bonds. The quantitative estimate of drug-likeness (QED) is 0.0588. The van der Waals surface area contributed by atoms with Crippen LogP contribution in [-0.4, -0.2) is 29.8 Å². The Morgan fingerprint density at radius 1 is 0.667 bits per heavy atom. The van der Waals surface area contributed by atoms with Crippen molar-refractivity contribution < 1.29 is 14.9 Å². The molecule has 0 aliphatic carbocycles. The van der Waals surface area contributed by atoms with Gasteiger partial charge < -0.3 is 5.11 Å². The Labute approximate surface area is 222 Å². The van der Waals surface area contributed by atoms with E-state index in [-0.39, 0.29) is 0 Å². The minimum absolute atomic E-state index is 0.393. The molecule has 0 aliphatic rings. The Kier molecular flexibility index (Phi) is 27.3. The van der Waals surface area contributed by atoms with Crippen molar-refractivity contribution in [2.75, 3.05) is 13.7 Å². The SMILES string of the molecule is CC/C=C\C[C@H](O)/C=C/C=C\C/C=C\C/C=C\C/C=C\CCCCCCCCCCCC[N+](=O)OC. The molecule has 0 aromatic rings. The average molecular weight is 501 g/mol. The maximum Gasteiger partial charge on any atom is 0.248 e. The number of nitrogens with zero attached hydrogens (tertiary/aromatic N) is 1. The van der Waals surface area contributed by atoms with E-state index in [1.165, 1.54) is 64.9 Å². The largest absolute Gasteiger partial charge is 0.389 e. The molecular formula is C32H54NO3+. The number of aliphatic hydroxyl groups excluding tert-OH is 1. The third-order valence-electron chi connectivity index (χ3n) is 5.84. The molecule has 36 heavy (non-hydrogen) atoms. The van der Waals surface area contributed by atoms with Gasteiger partial charge in [-0.15, -0.1) is 0 Å². The highest BCUT2D eigenvalue weighted by Crippen LogP contribution is 2.11. The highest BCUT2D eigenvalue weighted by molar-refractivity contribution is 5.08. The van der Waals surface area contributed by atoms with Gasteiger partial charge in [0.05, 0.1) is 11.0 Å². The molecule has 0 aromatic heterocycles. The highest BCUT2D eigenvalue weighted by atomic mass is 16.8. The molecule has 0 heterocycles. The predicted octanol–water partition coefficient (Wildman–Crippen LogP) is 9.29. The lowest BCUT2D eigenvalue weighted by Gasteiger charge is -2.01. The van der Waals surface area contributed by atoms with Crippen molar-refractivity contribution in [2.24, 2.45) is 0 Å². The van der Waals surface area contributed by atoms with E-state index < -0.39 is 6.10 Å². The Bertz CT molecular complexity index is 658. The summed E-state index contributed by atoms with van der Waals surface area (Å²) in [4.78, 5) is 16.2. The third kappa shape index (κ3) is 28.0. The van der Waals surface area contributed by atoms with Crippen molar-refractivity contribution in [3.63, 3.8) is 0 Å². The van der Waals surface area contributed by atoms with Gasteiger partial charge in [0.1, 0.15) is 0 Å². The molecule has 204 valence electrons. The average Bonchev–Trinajstić information content (AvgIpc) is 2.88. The van der Waals surface area contributed by atoms with Crippen LogP contribution >= 0.6 is 0 Å². The Morgan fingerprint density at radius 2 is 1.19 bits per heavy atom. The molecule has 0 saturated heterocycles. The van der Waals surface area contributed by atoms with Crippen LogP contribution in [0, 0.1) is 4.91 Å². The van der Waals surface area contributed by atoms with Gasteiger partial charge in [-0.1, -0.05) is 125 Å². The van der Waals surface area contributed by atoms with Crippen LogP contribution in [0.2, 0.25) is 0 Å². The van der Waals surface area contributed by atoms with Crippen molar-refractivity contribution in [1.29, 1.82) is 0 Å². The molecule has 0 fully saturated rings. The van der Waals surface area contributed by atoms with E-state index in [1.807, 2.05) is 24.3 Å². The van der Waals surface area contributed by atoms with Crippen molar-refractivity contribution in [2.45, 2.75) is 116 Å². The molecule has 0 bridgehead atoms. The van der Waals surface area contributed by atoms with Crippen LogP contribution in [0.15, 0.2) is 72.9 Å². The number of allylic oxidation sites excluding steroid dienone is 10. The number of hydrogen-bond donors (Lipinski definition) is 1. The topological polar surface area (TPSA) is 49.5 Å². The van der Waals surface area contributed by atoms with Gasteiger partial charge >= 0.3 is 0 Å². The summed E-state index contributed by atoms with van der Waals surface area (Å²) < 4.78 is 0. The fourth-order valence-corrected chi connectivity index (χ4v) is 3.67. The van der Waals surface area contributed by atoms with Crippen LogP contribution in [0.3, 0.4) is 0 Å². The van der Waals surface area contributed by atoms with Crippen LogP contribution in [-0.2, 0) is 4.84 Å². The van der Waals surface area contributed by atoms with Crippen LogP contribution in [0.4, 0.5) is 0 Å². The summed E-state index contributed by atoms with van der Waals surface area (Å²) in [6.07, 6.45) is 43.4. The standard InChI is InChI=1S/C32H54NO3/c1-3-4-26-29-32(34)30-27-24-22-20-18-16-14-12-10-8-6-5-7-9-11-13-15-17-19-21-23-25-28-31-33(35)36-2/h4-6,10,12,16,18,22,24,26-27,30,32,34H,3,7-9,11,13-15,17,19-21,23,25,28-29,31H2,1-2H3/q+1/b6-5-,12-10-,18-16-,24-22-,26-4-,30-27+/t32-/m0/s1. The minimum Gasteiger partial charge on any atom is -0.389 e. The molecule has 1 atom stereocenters. The molecule has 0 aromatic carbocycles. The molecule has 0 rings (SSSR count). The molecule has 4 nitrogen and oxygen atoms in total. The monoisotopic (exact) mass is 500 g/mol. The maximum absolute atomic E-state index is 10.9. The first-order valence-corrected chi connectivity index (χ1v) is 14.3. The predicted molar refractivity (Wildman–Crippen MR) is 156 cm³/mol. The van der Waals surface area contributed by atoms with E-state index in [9.17, 15) is 10.0 Å². The van der Waals surface area contributed by atoms with Gasteiger partial charge in [0.15, 0.2) is 7.11 Å². The van der Waals surface area contributed by atoms with E-state index in [4.69, 9.17) is 0 Å². The van der Waals surface area contributed by atoms with Gasteiger partial charge in [-0.3, -0.25) is 0 Å². The smallest absolute Gasteiger partial charge is 0.248 e. The van der Waals surface area contributed by atoms with Gasteiger partial charge in [0.2, 0.25) is 11.5 Å². The Morgan fingerprint density at radius 3 is 1.78 bits per heavy atom. The van der Waals surface area contributed by atoms with Crippen LogP contribution < -0.4 is 0 Å².